The summed E-state index contributed by atoms with van der Waals surface area (Å²) in [5, 5.41) is 13.0. The van der Waals surface area contributed by atoms with Crippen molar-refractivity contribution in [3.05, 3.63) is 48.0 Å². The minimum absolute atomic E-state index is 0.0729. The summed E-state index contributed by atoms with van der Waals surface area (Å²) >= 11 is 0. The SMILES string of the molecule is CCC(CC)NC(=O)c1cc(-c2cccc(N3C=C(C(=O)NCC4CCCCO4)OC3)c2)[nH]n1. The van der Waals surface area contributed by atoms with Crippen molar-refractivity contribution in [1.29, 1.82) is 0 Å². The molecule has 3 N–H and O–H groups in total. The molecular weight excluding hydrogens is 434 g/mol. The number of amides is 2. The van der Waals surface area contributed by atoms with E-state index in [4.69, 9.17) is 9.47 Å². The zero-order valence-corrected chi connectivity index (χ0v) is 19.8. The quantitative estimate of drug-likeness (QED) is 0.522. The maximum atomic E-state index is 12.5. The molecule has 3 heterocycles. The van der Waals surface area contributed by atoms with Crippen molar-refractivity contribution in [2.24, 2.45) is 0 Å². The first-order valence-electron chi connectivity index (χ1n) is 12.0. The molecule has 9 heteroatoms. The summed E-state index contributed by atoms with van der Waals surface area (Å²) < 4.78 is 11.3. The smallest absolute Gasteiger partial charge is 0.288 e. The van der Waals surface area contributed by atoms with Gasteiger partial charge in [0.25, 0.3) is 11.8 Å². The molecule has 0 radical (unpaired) electrons. The highest BCUT2D eigenvalue weighted by molar-refractivity contribution is 5.94. The molecule has 9 nitrogen and oxygen atoms in total. The van der Waals surface area contributed by atoms with Gasteiger partial charge < -0.3 is 25.0 Å². The van der Waals surface area contributed by atoms with E-state index in [0.717, 1.165) is 55.7 Å². The summed E-state index contributed by atoms with van der Waals surface area (Å²) in [5.41, 5.74) is 2.85. The Balaban J connectivity index is 1.39. The first kappa shape index (κ1) is 23.8. The van der Waals surface area contributed by atoms with Crippen LogP contribution in [0.4, 0.5) is 5.69 Å². The number of aromatic amines is 1. The number of hydrogen-bond acceptors (Lipinski definition) is 6. The van der Waals surface area contributed by atoms with Crippen molar-refractivity contribution in [1.82, 2.24) is 20.8 Å². The predicted octanol–water partition coefficient (Wildman–Crippen LogP) is 3.32. The molecule has 0 bridgehead atoms. The molecule has 1 saturated heterocycles. The fourth-order valence-electron chi connectivity index (χ4n) is 4.08. The third kappa shape index (κ3) is 5.77. The lowest BCUT2D eigenvalue weighted by Crippen LogP contribution is -2.36. The second kappa shape index (κ2) is 11.2. The maximum absolute atomic E-state index is 12.5. The Hall–Kier alpha value is -3.33. The lowest BCUT2D eigenvalue weighted by atomic mass is 10.1. The summed E-state index contributed by atoms with van der Waals surface area (Å²) in [4.78, 5) is 26.8. The van der Waals surface area contributed by atoms with E-state index in [9.17, 15) is 9.59 Å². The van der Waals surface area contributed by atoms with Crippen LogP contribution in [0.3, 0.4) is 0 Å². The molecule has 0 saturated carbocycles. The Morgan fingerprint density at radius 2 is 2.06 bits per heavy atom. The average Bonchev–Trinajstić information content (AvgIpc) is 3.57. The van der Waals surface area contributed by atoms with Gasteiger partial charge in [0.2, 0.25) is 5.76 Å². The lowest BCUT2D eigenvalue weighted by molar-refractivity contribution is -0.121. The Morgan fingerprint density at radius 1 is 1.21 bits per heavy atom. The van der Waals surface area contributed by atoms with Crippen LogP contribution >= 0.6 is 0 Å². The highest BCUT2D eigenvalue weighted by Gasteiger charge is 2.23. The number of aromatic nitrogens is 2. The summed E-state index contributed by atoms with van der Waals surface area (Å²) in [6.07, 6.45) is 6.71. The number of rotatable bonds is 9. The van der Waals surface area contributed by atoms with Crippen LogP contribution in [-0.4, -0.2) is 54.0 Å². The summed E-state index contributed by atoms with van der Waals surface area (Å²) in [7, 11) is 0. The molecule has 2 amide bonds. The van der Waals surface area contributed by atoms with E-state index < -0.39 is 0 Å². The largest absolute Gasteiger partial charge is 0.465 e. The van der Waals surface area contributed by atoms with Crippen molar-refractivity contribution in [2.75, 3.05) is 24.8 Å². The van der Waals surface area contributed by atoms with Crippen molar-refractivity contribution < 1.29 is 19.1 Å². The number of carbonyl (C=O) groups excluding carboxylic acids is 2. The van der Waals surface area contributed by atoms with Crippen LogP contribution in [0.25, 0.3) is 11.3 Å². The van der Waals surface area contributed by atoms with Crippen molar-refractivity contribution in [3.8, 4) is 11.3 Å². The van der Waals surface area contributed by atoms with Crippen LogP contribution in [0.1, 0.15) is 56.4 Å². The number of nitrogens with zero attached hydrogens (tertiary/aromatic N) is 2. The lowest BCUT2D eigenvalue weighted by Gasteiger charge is -2.22. The minimum Gasteiger partial charge on any atom is -0.465 e. The number of carbonyl (C=O) groups is 2. The van der Waals surface area contributed by atoms with Crippen LogP contribution in [-0.2, 0) is 14.3 Å². The molecular formula is C25H33N5O4. The molecule has 1 aromatic carbocycles. The number of ether oxygens (including phenoxy) is 2. The van der Waals surface area contributed by atoms with E-state index in [1.807, 2.05) is 43.0 Å². The van der Waals surface area contributed by atoms with Crippen LogP contribution in [0.15, 0.2) is 42.3 Å². The first-order chi connectivity index (χ1) is 16.6. The third-order valence-electron chi connectivity index (χ3n) is 6.24. The zero-order chi connectivity index (χ0) is 23.9. The van der Waals surface area contributed by atoms with Crippen LogP contribution in [0, 0.1) is 0 Å². The summed E-state index contributed by atoms with van der Waals surface area (Å²) in [5.74, 6) is -0.143. The molecule has 2 aromatic rings. The van der Waals surface area contributed by atoms with E-state index in [1.165, 1.54) is 0 Å². The van der Waals surface area contributed by atoms with E-state index in [-0.39, 0.29) is 36.5 Å². The van der Waals surface area contributed by atoms with Gasteiger partial charge in [-0.3, -0.25) is 14.7 Å². The van der Waals surface area contributed by atoms with Gasteiger partial charge in [-0.2, -0.15) is 5.10 Å². The zero-order valence-electron chi connectivity index (χ0n) is 19.8. The molecule has 2 aliphatic heterocycles. The molecule has 2 aliphatic rings. The molecule has 1 unspecified atom stereocenters. The van der Waals surface area contributed by atoms with Crippen LogP contribution < -0.4 is 15.5 Å². The number of benzene rings is 1. The molecule has 0 spiro atoms. The molecule has 182 valence electrons. The third-order valence-corrected chi connectivity index (χ3v) is 6.24. The maximum Gasteiger partial charge on any atom is 0.288 e. The van der Waals surface area contributed by atoms with Gasteiger partial charge in [-0.1, -0.05) is 26.0 Å². The number of nitrogens with one attached hydrogen (secondary N) is 3. The van der Waals surface area contributed by atoms with Gasteiger partial charge in [0.1, 0.15) is 0 Å². The second-order valence-electron chi connectivity index (χ2n) is 8.64. The Labute approximate surface area is 199 Å². The van der Waals surface area contributed by atoms with Gasteiger partial charge in [-0.15, -0.1) is 0 Å². The monoisotopic (exact) mass is 467 g/mol. The molecule has 1 aromatic heterocycles. The van der Waals surface area contributed by atoms with Gasteiger partial charge in [0, 0.05) is 30.4 Å². The highest BCUT2D eigenvalue weighted by atomic mass is 16.5. The fraction of sp³-hybridized carbons (Fsp3) is 0.480. The van der Waals surface area contributed by atoms with Crippen LogP contribution in [0.5, 0.6) is 0 Å². The van der Waals surface area contributed by atoms with Crippen molar-refractivity contribution >= 4 is 17.5 Å². The Bertz CT molecular complexity index is 1020. The van der Waals surface area contributed by atoms with Crippen molar-refractivity contribution in [2.45, 2.75) is 58.1 Å². The van der Waals surface area contributed by atoms with Gasteiger partial charge in [0.15, 0.2) is 12.4 Å². The standard InChI is InChI=1S/C25H33N5O4/c1-3-18(4-2)27-24(31)22-13-21(28-29-22)17-8-7-9-19(12-17)30-15-23(34-16-30)25(32)26-14-20-10-5-6-11-33-20/h7-9,12-13,15,18,20H,3-6,10-11,14,16H2,1-2H3,(H,26,32)(H,27,31)(H,28,29). The van der Waals surface area contributed by atoms with E-state index in [1.54, 1.807) is 12.3 Å². The summed E-state index contributed by atoms with van der Waals surface area (Å²) in [6, 6.07) is 9.66. The van der Waals surface area contributed by atoms with Gasteiger partial charge >= 0.3 is 0 Å². The normalized spacial score (nSPS) is 17.9. The molecule has 4 rings (SSSR count). The number of hydrogen-bond donors (Lipinski definition) is 3. The van der Waals surface area contributed by atoms with E-state index in [0.29, 0.717) is 12.2 Å². The molecule has 1 atom stereocenters. The molecule has 34 heavy (non-hydrogen) atoms. The fourth-order valence-corrected chi connectivity index (χ4v) is 4.08. The summed E-state index contributed by atoms with van der Waals surface area (Å²) in [6.45, 7) is 5.59. The first-order valence-corrected chi connectivity index (χ1v) is 12.0. The predicted molar refractivity (Wildman–Crippen MR) is 129 cm³/mol. The number of anilines is 1. The van der Waals surface area contributed by atoms with E-state index >= 15 is 0 Å². The van der Waals surface area contributed by atoms with Crippen LogP contribution in [0.2, 0.25) is 0 Å². The molecule has 1 fully saturated rings. The van der Waals surface area contributed by atoms with E-state index in [2.05, 4.69) is 20.8 Å². The topological polar surface area (TPSA) is 109 Å². The average molecular weight is 468 g/mol. The second-order valence-corrected chi connectivity index (χ2v) is 8.64. The number of H-pyrrole nitrogens is 1. The Kier molecular flexibility index (Phi) is 7.84. The van der Waals surface area contributed by atoms with Gasteiger partial charge in [-0.25, -0.2) is 0 Å². The van der Waals surface area contributed by atoms with Crippen molar-refractivity contribution in [3.63, 3.8) is 0 Å². The minimum atomic E-state index is -0.241. The van der Waals surface area contributed by atoms with Gasteiger partial charge in [-0.05, 0) is 50.3 Å². The Morgan fingerprint density at radius 3 is 2.82 bits per heavy atom. The molecule has 0 aliphatic carbocycles. The highest BCUT2D eigenvalue weighted by Crippen LogP contribution is 2.27. The van der Waals surface area contributed by atoms with Gasteiger partial charge in [0.05, 0.1) is 18.0 Å².